The average Bonchev–Trinajstić information content (AvgIpc) is 3.18. The lowest BCUT2D eigenvalue weighted by molar-refractivity contribution is -0.291. The van der Waals surface area contributed by atoms with E-state index in [2.05, 4.69) is 4.18 Å². The molecule has 35 heavy (non-hydrogen) atoms. The maximum atomic E-state index is 16.3. The van der Waals surface area contributed by atoms with Gasteiger partial charge in [-0.05, 0) is 53.5 Å². The van der Waals surface area contributed by atoms with Gasteiger partial charge in [-0.2, -0.15) is 26.3 Å². The van der Waals surface area contributed by atoms with Crippen molar-refractivity contribution < 1.29 is 43.7 Å². The Bertz CT molecular complexity index is 724. The fourth-order valence-electron chi connectivity index (χ4n) is 8.92. The Labute approximate surface area is 201 Å². The standard InChI is InChI=1S/C24H39F9OS/c1-2-16-21(17-10-3-4-11-18-21)35(23(28,29)30,24(31,32)33,34-22(25,26)27,20-14-8-9-15-20)19-12-6-5-7-13-19/h19-20H,2-18H2,1H3. The van der Waals surface area contributed by atoms with Gasteiger partial charge in [0.15, 0.2) is 0 Å². The Morgan fingerprint density at radius 2 is 1.00 bits per heavy atom. The first-order valence-corrected chi connectivity index (χ1v) is 15.6. The number of alkyl halides is 9. The van der Waals surface area contributed by atoms with Gasteiger partial charge in [0.1, 0.15) is 0 Å². The molecular weight excluding hydrogens is 507 g/mol. The highest BCUT2D eigenvalue weighted by Crippen LogP contribution is 3.15. The van der Waals surface area contributed by atoms with Crippen LogP contribution in [0.5, 0.6) is 0 Å². The molecule has 0 unspecified atom stereocenters. The summed E-state index contributed by atoms with van der Waals surface area (Å²) < 4.78 is 144. The molecule has 3 rings (SSSR count). The van der Waals surface area contributed by atoms with Gasteiger partial charge in [-0.3, -0.25) is 0 Å². The molecule has 3 aliphatic carbocycles. The van der Waals surface area contributed by atoms with Crippen LogP contribution in [0.1, 0.15) is 116 Å². The summed E-state index contributed by atoms with van der Waals surface area (Å²) in [5.74, 6) is 0. The third kappa shape index (κ3) is 3.21. The maximum absolute atomic E-state index is 16.3. The van der Waals surface area contributed by atoms with Crippen molar-refractivity contribution in [3.8, 4) is 0 Å². The van der Waals surface area contributed by atoms with Gasteiger partial charge in [-0.15, -0.1) is 13.2 Å². The van der Waals surface area contributed by atoms with E-state index in [1.807, 2.05) is 0 Å². The fraction of sp³-hybridized carbons (Fsp3) is 1.00. The Morgan fingerprint density at radius 1 is 0.629 bits per heavy atom. The molecule has 11 heteroatoms. The molecule has 0 aliphatic heterocycles. The normalized spacial score (nSPS) is 26.2. The molecule has 3 fully saturated rings. The van der Waals surface area contributed by atoms with Crippen LogP contribution in [0, 0.1) is 0 Å². The Morgan fingerprint density at radius 3 is 1.34 bits per heavy atom. The minimum Gasteiger partial charge on any atom is -0.242 e. The third-order valence-corrected chi connectivity index (χ3v) is 19.9. The highest BCUT2D eigenvalue weighted by Gasteiger charge is 3.03. The van der Waals surface area contributed by atoms with E-state index in [9.17, 15) is 13.2 Å². The number of hydrogen-bond donors (Lipinski definition) is 0. The SMILES string of the molecule is CCCC1(S(OC(F)(F)F)(C2CCCCC2)(C2CCCC2)(C(F)(F)F)C(F)(F)F)CCCCCC1. The second kappa shape index (κ2) is 9.16. The third-order valence-electron chi connectivity index (χ3n) is 9.84. The molecule has 0 heterocycles. The van der Waals surface area contributed by atoms with Crippen LogP contribution in [0.25, 0.3) is 0 Å². The van der Waals surface area contributed by atoms with Crippen molar-refractivity contribution >= 4 is 8.58 Å². The first-order valence-electron chi connectivity index (χ1n) is 13.1. The number of rotatable bonds is 6. The highest BCUT2D eigenvalue weighted by atomic mass is 32.4. The molecule has 0 radical (unpaired) electrons. The molecule has 1 nitrogen and oxygen atoms in total. The van der Waals surface area contributed by atoms with E-state index < -0.39 is 86.1 Å². The molecule has 0 aromatic carbocycles. The van der Waals surface area contributed by atoms with Crippen LogP contribution >= 0.6 is 8.58 Å². The van der Waals surface area contributed by atoms with Crippen molar-refractivity contribution in [3.63, 3.8) is 0 Å². The van der Waals surface area contributed by atoms with Crippen LogP contribution in [-0.4, -0.2) is 32.6 Å². The lowest BCUT2D eigenvalue weighted by Gasteiger charge is -2.90. The molecule has 0 amide bonds. The quantitative estimate of drug-likeness (QED) is 0.238. The van der Waals surface area contributed by atoms with Crippen LogP contribution in [0.3, 0.4) is 0 Å². The Hall–Kier alpha value is -0.320. The molecule has 0 aromatic rings. The van der Waals surface area contributed by atoms with Gasteiger partial charge in [-0.1, -0.05) is 71.1 Å². The Kier molecular flexibility index (Phi) is 7.65. The molecule has 0 aromatic heterocycles. The van der Waals surface area contributed by atoms with Gasteiger partial charge in [0.2, 0.25) is 0 Å². The summed E-state index contributed by atoms with van der Waals surface area (Å²) >= 11 is 0. The Balaban J connectivity index is 2.73. The zero-order chi connectivity index (χ0) is 26.3. The van der Waals surface area contributed by atoms with Crippen molar-refractivity contribution in [1.82, 2.24) is 0 Å². The molecule has 0 bridgehead atoms. The van der Waals surface area contributed by atoms with Gasteiger partial charge in [0.25, 0.3) is 0 Å². The van der Waals surface area contributed by atoms with Gasteiger partial charge in [0.05, 0.1) is 0 Å². The van der Waals surface area contributed by atoms with E-state index in [-0.39, 0.29) is 44.9 Å². The summed E-state index contributed by atoms with van der Waals surface area (Å²) in [5, 5.41) is -4.47. The minimum absolute atomic E-state index is 0.0484. The van der Waals surface area contributed by atoms with Crippen LogP contribution < -0.4 is 0 Å². The summed E-state index contributed by atoms with van der Waals surface area (Å²) in [5.41, 5.74) is -12.4. The van der Waals surface area contributed by atoms with E-state index in [1.54, 1.807) is 0 Å². The predicted octanol–water partition coefficient (Wildman–Crippen LogP) is 10.5. The van der Waals surface area contributed by atoms with Gasteiger partial charge in [0, 0.05) is 15.2 Å². The van der Waals surface area contributed by atoms with Crippen molar-refractivity contribution in [2.24, 2.45) is 0 Å². The summed E-state index contributed by atoms with van der Waals surface area (Å²) in [6, 6.07) is 0. The first kappa shape index (κ1) is 29.2. The first-order chi connectivity index (χ1) is 16.1. The van der Waals surface area contributed by atoms with Crippen molar-refractivity contribution in [2.45, 2.75) is 149 Å². The van der Waals surface area contributed by atoms with Crippen molar-refractivity contribution in [2.75, 3.05) is 0 Å². The lowest BCUT2D eigenvalue weighted by atomic mass is 9.94. The topological polar surface area (TPSA) is 9.23 Å². The lowest BCUT2D eigenvalue weighted by Crippen LogP contribution is -2.80. The van der Waals surface area contributed by atoms with Gasteiger partial charge in [-0.25, -0.2) is 4.18 Å². The summed E-state index contributed by atoms with van der Waals surface area (Å²) in [6.45, 7) is 1.49. The second-order valence-corrected chi connectivity index (χ2v) is 17.5. The molecule has 0 saturated heterocycles. The number of halogens is 9. The molecule has 0 atom stereocenters. The van der Waals surface area contributed by atoms with Gasteiger partial charge >= 0.3 is 17.4 Å². The van der Waals surface area contributed by atoms with E-state index >= 15 is 26.3 Å². The van der Waals surface area contributed by atoms with Crippen LogP contribution in [0.4, 0.5) is 39.5 Å². The summed E-state index contributed by atoms with van der Waals surface area (Å²) in [6.07, 6.45) is -8.34. The summed E-state index contributed by atoms with van der Waals surface area (Å²) in [7, 11) is -8.58. The average molecular weight is 547 g/mol. The van der Waals surface area contributed by atoms with E-state index in [1.165, 1.54) is 6.92 Å². The monoisotopic (exact) mass is 546 g/mol. The molecular formula is C24H39F9OS. The molecule has 0 spiro atoms. The molecule has 210 valence electrons. The maximum Gasteiger partial charge on any atom is 0.531 e. The fourth-order valence-corrected chi connectivity index (χ4v) is 19.8. The minimum atomic E-state index is -8.58. The largest absolute Gasteiger partial charge is 0.531 e. The zero-order valence-corrected chi connectivity index (χ0v) is 21.2. The van der Waals surface area contributed by atoms with E-state index in [0.29, 0.717) is 19.3 Å². The predicted molar refractivity (Wildman–Crippen MR) is 121 cm³/mol. The summed E-state index contributed by atoms with van der Waals surface area (Å²) in [4.78, 5) is 0. The highest BCUT2D eigenvalue weighted by molar-refractivity contribution is 8.64. The van der Waals surface area contributed by atoms with Crippen molar-refractivity contribution in [3.05, 3.63) is 0 Å². The molecule has 3 saturated carbocycles. The number of hydrogen-bond acceptors (Lipinski definition) is 1. The molecule has 3 aliphatic rings. The van der Waals surface area contributed by atoms with Crippen LogP contribution in [0.15, 0.2) is 0 Å². The smallest absolute Gasteiger partial charge is 0.242 e. The molecule has 0 N–H and O–H groups in total. The van der Waals surface area contributed by atoms with E-state index in [4.69, 9.17) is 0 Å². The van der Waals surface area contributed by atoms with Crippen LogP contribution in [-0.2, 0) is 4.18 Å². The second-order valence-electron chi connectivity index (χ2n) is 11.0. The van der Waals surface area contributed by atoms with E-state index in [0.717, 1.165) is 0 Å². The van der Waals surface area contributed by atoms with Crippen molar-refractivity contribution in [1.29, 1.82) is 0 Å². The zero-order valence-electron chi connectivity index (χ0n) is 20.4. The van der Waals surface area contributed by atoms with Crippen LogP contribution in [0.2, 0.25) is 0 Å². The van der Waals surface area contributed by atoms with Gasteiger partial charge < -0.3 is 0 Å².